The Labute approximate surface area is 399 Å². The lowest BCUT2D eigenvalue weighted by Crippen LogP contribution is -2.30. The Balaban J connectivity index is 4.26. The first-order valence-electron chi connectivity index (χ1n) is 28.9. The molecule has 0 bridgehead atoms. The van der Waals surface area contributed by atoms with E-state index in [2.05, 4.69) is 27.7 Å². The highest BCUT2D eigenvalue weighted by molar-refractivity contribution is 5.71. The van der Waals surface area contributed by atoms with Crippen LogP contribution in [0.4, 0.5) is 0 Å². The third kappa shape index (κ3) is 51.4. The first kappa shape index (κ1) is 62.4. The van der Waals surface area contributed by atoms with Gasteiger partial charge >= 0.3 is 17.9 Å². The molecule has 6 nitrogen and oxygen atoms in total. The van der Waals surface area contributed by atoms with Gasteiger partial charge in [0.05, 0.1) is 0 Å². The minimum Gasteiger partial charge on any atom is -0.462 e. The summed E-state index contributed by atoms with van der Waals surface area (Å²) in [5, 5.41) is 0. The molecule has 0 fully saturated rings. The molecule has 0 amide bonds. The van der Waals surface area contributed by atoms with Crippen LogP contribution in [-0.4, -0.2) is 37.2 Å². The van der Waals surface area contributed by atoms with Crippen molar-refractivity contribution in [1.82, 2.24) is 0 Å². The normalized spacial score (nSPS) is 12.0. The van der Waals surface area contributed by atoms with Crippen LogP contribution in [0.2, 0.25) is 0 Å². The van der Waals surface area contributed by atoms with Gasteiger partial charge in [0.15, 0.2) is 6.10 Å². The average Bonchev–Trinajstić information content (AvgIpc) is 3.28. The Morgan fingerprint density at radius 3 is 0.766 bits per heavy atom. The van der Waals surface area contributed by atoms with E-state index in [0.717, 1.165) is 63.7 Å². The largest absolute Gasteiger partial charge is 0.462 e. The molecule has 380 valence electrons. The van der Waals surface area contributed by atoms with E-state index in [1.54, 1.807) is 0 Å². The van der Waals surface area contributed by atoms with Gasteiger partial charge in [0.2, 0.25) is 0 Å². The molecule has 0 N–H and O–H groups in total. The van der Waals surface area contributed by atoms with Crippen LogP contribution in [0.25, 0.3) is 0 Å². The number of rotatable bonds is 53. The van der Waals surface area contributed by atoms with E-state index in [-0.39, 0.29) is 31.1 Å². The van der Waals surface area contributed by atoms with Crippen LogP contribution >= 0.6 is 0 Å². The second kappa shape index (κ2) is 52.4. The molecule has 0 spiro atoms. The standard InChI is InChI=1S/C58H112O6/c1-5-7-9-11-13-15-17-19-26-31-35-39-43-47-51-58(61)64-55(52-62-56(59)49-45-41-37-33-29-24-18-16-14-12-10-8-6-2)53-63-57(60)50-46-42-38-34-30-27-23-21-20-22-25-28-32-36-40-44-48-54(3)4/h54-55H,5-53H2,1-4H3/t55-/m0/s1. The summed E-state index contributed by atoms with van der Waals surface area (Å²) in [6.07, 6.45) is 56.6. The third-order valence-corrected chi connectivity index (χ3v) is 13.3. The van der Waals surface area contributed by atoms with Crippen molar-refractivity contribution in [3.05, 3.63) is 0 Å². The van der Waals surface area contributed by atoms with Crippen molar-refractivity contribution < 1.29 is 28.6 Å². The second-order valence-electron chi connectivity index (χ2n) is 20.4. The van der Waals surface area contributed by atoms with Crippen molar-refractivity contribution in [3.63, 3.8) is 0 Å². The number of esters is 3. The Morgan fingerprint density at radius 2 is 0.516 bits per heavy atom. The molecule has 0 saturated heterocycles. The van der Waals surface area contributed by atoms with Gasteiger partial charge in [-0.05, 0) is 25.2 Å². The van der Waals surface area contributed by atoms with E-state index in [4.69, 9.17) is 14.2 Å². The maximum atomic E-state index is 12.8. The molecule has 0 rings (SSSR count). The second-order valence-corrected chi connectivity index (χ2v) is 20.4. The molecular weight excluding hydrogens is 793 g/mol. The topological polar surface area (TPSA) is 78.9 Å². The molecule has 0 radical (unpaired) electrons. The van der Waals surface area contributed by atoms with Crippen LogP contribution in [0.3, 0.4) is 0 Å². The zero-order valence-electron chi connectivity index (χ0n) is 43.8. The van der Waals surface area contributed by atoms with Gasteiger partial charge < -0.3 is 14.2 Å². The summed E-state index contributed by atoms with van der Waals surface area (Å²) in [7, 11) is 0. The van der Waals surface area contributed by atoms with E-state index >= 15 is 0 Å². The predicted molar refractivity (Wildman–Crippen MR) is 275 cm³/mol. The van der Waals surface area contributed by atoms with Crippen LogP contribution in [0.1, 0.15) is 329 Å². The molecule has 0 aliphatic rings. The molecule has 0 saturated carbocycles. The molecule has 64 heavy (non-hydrogen) atoms. The van der Waals surface area contributed by atoms with Gasteiger partial charge in [0.25, 0.3) is 0 Å². The zero-order chi connectivity index (χ0) is 46.7. The van der Waals surface area contributed by atoms with Crippen molar-refractivity contribution in [2.75, 3.05) is 13.2 Å². The Hall–Kier alpha value is -1.59. The zero-order valence-corrected chi connectivity index (χ0v) is 43.8. The highest BCUT2D eigenvalue weighted by Gasteiger charge is 2.19. The van der Waals surface area contributed by atoms with E-state index in [9.17, 15) is 14.4 Å². The van der Waals surface area contributed by atoms with Gasteiger partial charge in [-0.25, -0.2) is 0 Å². The maximum absolute atomic E-state index is 12.8. The van der Waals surface area contributed by atoms with Crippen LogP contribution in [0.5, 0.6) is 0 Å². The minimum atomic E-state index is -0.761. The van der Waals surface area contributed by atoms with Gasteiger partial charge in [-0.3, -0.25) is 14.4 Å². The SMILES string of the molecule is CCCCCCCCCCCCCCCCC(=O)O[C@@H](COC(=O)CCCCCCCCCCCCCCC)COC(=O)CCCCCCCCCCCCCCCCCCC(C)C. The number of carbonyl (C=O) groups is 3. The van der Waals surface area contributed by atoms with Gasteiger partial charge in [-0.1, -0.05) is 291 Å². The Bertz CT molecular complexity index is 964. The smallest absolute Gasteiger partial charge is 0.306 e. The van der Waals surface area contributed by atoms with E-state index in [1.165, 1.54) is 225 Å². The van der Waals surface area contributed by atoms with Crippen LogP contribution in [0, 0.1) is 5.92 Å². The summed E-state index contributed by atoms with van der Waals surface area (Å²) in [5.74, 6) is 0.0180. The molecule has 0 aromatic rings. The van der Waals surface area contributed by atoms with Crippen molar-refractivity contribution >= 4 is 17.9 Å². The summed E-state index contributed by atoms with van der Waals surface area (Å²) in [6, 6.07) is 0. The molecule has 0 aliphatic carbocycles. The van der Waals surface area contributed by atoms with E-state index in [1.807, 2.05) is 0 Å². The van der Waals surface area contributed by atoms with Crippen LogP contribution in [0.15, 0.2) is 0 Å². The summed E-state index contributed by atoms with van der Waals surface area (Å²) >= 11 is 0. The van der Waals surface area contributed by atoms with E-state index < -0.39 is 6.10 Å². The summed E-state index contributed by atoms with van der Waals surface area (Å²) in [5.41, 5.74) is 0. The van der Waals surface area contributed by atoms with Crippen molar-refractivity contribution in [3.8, 4) is 0 Å². The average molecular weight is 906 g/mol. The Kier molecular flexibility index (Phi) is 51.1. The molecule has 0 unspecified atom stereocenters. The van der Waals surface area contributed by atoms with Crippen LogP contribution < -0.4 is 0 Å². The molecule has 1 atom stereocenters. The summed E-state index contributed by atoms with van der Waals surface area (Å²) in [6.45, 7) is 9.07. The molecule has 0 aromatic heterocycles. The summed E-state index contributed by atoms with van der Waals surface area (Å²) in [4.78, 5) is 38.1. The number of carbonyl (C=O) groups excluding carboxylic acids is 3. The van der Waals surface area contributed by atoms with E-state index in [0.29, 0.717) is 19.3 Å². The van der Waals surface area contributed by atoms with Gasteiger partial charge in [0, 0.05) is 19.3 Å². The molecular formula is C58H112O6. The van der Waals surface area contributed by atoms with Crippen LogP contribution in [-0.2, 0) is 28.6 Å². The third-order valence-electron chi connectivity index (χ3n) is 13.3. The maximum Gasteiger partial charge on any atom is 0.306 e. The predicted octanol–water partition coefficient (Wildman–Crippen LogP) is 19.0. The molecule has 6 heteroatoms. The summed E-state index contributed by atoms with van der Waals surface area (Å²) < 4.78 is 16.9. The molecule has 0 aromatic carbocycles. The van der Waals surface area contributed by atoms with Gasteiger partial charge in [-0.2, -0.15) is 0 Å². The lowest BCUT2D eigenvalue weighted by molar-refractivity contribution is -0.167. The highest BCUT2D eigenvalue weighted by atomic mass is 16.6. The van der Waals surface area contributed by atoms with Crippen molar-refractivity contribution in [1.29, 1.82) is 0 Å². The fourth-order valence-corrected chi connectivity index (χ4v) is 8.92. The lowest BCUT2D eigenvalue weighted by Gasteiger charge is -2.18. The molecule has 0 heterocycles. The first-order chi connectivity index (χ1) is 31.4. The monoisotopic (exact) mass is 905 g/mol. The lowest BCUT2D eigenvalue weighted by atomic mass is 10.0. The number of unbranched alkanes of at least 4 members (excludes halogenated alkanes) is 40. The van der Waals surface area contributed by atoms with Gasteiger partial charge in [-0.15, -0.1) is 0 Å². The fourth-order valence-electron chi connectivity index (χ4n) is 8.92. The first-order valence-corrected chi connectivity index (χ1v) is 28.9. The highest BCUT2D eigenvalue weighted by Crippen LogP contribution is 2.18. The quantitative estimate of drug-likeness (QED) is 0.0344. The van der Waals surface area contributed by atoms with Crippen molar-refractivity contribution in [2.45, 2.75) is 336 Å². The van der Waals surface area contributed by atoms with Crippen molar-refractivity contribution in [2.24, 2.45) is 5.92 Å². The number of hydrogen-bond acceptors (Lipinski definition) is 6. The minimum absolute atomic E-state index is 0.0617. The Morgan fingerprint density at radius 1 is 0.297 bits per heavy atom. The van der Waals surface area contributed by atoms with Gasteiger partial charge in [0.1, 0.15) is 13.2 Å². The number of hydrogen-bond donors (Lipinski definition) is 0. The number of ether oxygens (including phenoxy) is 3. The molecule has 0 aliphatic heterocycles. The fraction of sp³-hybridized carbons (Fsp3) is 0.948.